The van der Waals surface area contributed by atoms with Crippen molar-refractivity contribution >= 4 is 78.5 Å². The molecule has 2 aliphatic carbocycles. The molecule has 11 heteroatoms. The molecule has 4 amide bonds. The topological polar surface area (TPSA) is 95.0 Å². The number of hydrogen-bond donors (Lipinski definition) is 1. The lowest BCUT2D eigenvalue weighted by atomic mass is 9.51. The second-order valence-corrected chi connectivity index (χ2v) is 14.2. The van der Waals surface area contributed by atoms with Gasteiger partial charge in [0.1, 0.15) is 11.6 Å². The Morgan fingerprint density at radius 3 is 2.25 bits per heavy atom. The van der Waals surface area contributed by atoms with Gasteiger partial charge in [-0.3, -0.25) is 24.1 Å². The second kappa shape index (κ2) is 10.4. The lowest BCUT2D eigenvalue weighted by Gasteiger charge is -2.49. The predicted molar refractivity (Wildman–Crippen MR) is 168 cm³/mol. The molecular formula is C33H24Br2ClFN2O5. The zero-order chi connectivity index (χ0) is 31.2. The molecule has 0 unspecified atom stereocenters. The van der Waals surface area contributed by atoms with E-state index >= 15 is 0 Å². The van der Waals surface area contributed by atoms with E-state index in [0.29, 0.717) is 15.7 Å². The van der Waals surface area contributed by atoms with E-state index in [0.717, 1.165) is 21.0 Å². The summed E-state index contributed by atoms with van der Waals surface area (Å²) in [5, 5.41) is 10.9. The van der Waals surface area contributed by atoms with Gasteiger partial charge < -0.3 is 5.11 Å². The van der Waals surface area contributed by atoms with Gasteiger partial charge in [-0.1, -0.05) is 55.1 Å². The Balaban J connectivity index is 1.38. The highest BCUT2D eigenvalue weighted by molar-refractivity contribution is 9.10. The zero-order valence-electron chi connectivity index (χ0n) is 23.1. The minimum Gasteiger partial charge on any atom is -0.508 e. The summed E-state index contributed by atoms with van der Waals surface area (Å²) >= 11 is 12.9. The lowest BCUT2D eigenvalue weighted by Crippen LogP contribution is -2.48. The van der Waals surface area contributed by atoms with Crippen LogP contribution >= 0.6 is 43.5 Å². The summed E-state index contributed by atoms with van der Waals surface area (Å²) in [5.74, 6) is -5.99. The van der Waals surface area contributed by atoms with E-state index in [1.807, 2.05) is 6.08 Å². The van der Waals surface area contributed by atoms with Crippen molar-refractivity contribution in [2.45, 2.75) is 25.7 Å². The van der Waals surface area contributed by atoms with E-state index in [2.05, 4.69) is 31.9 Å². The first kappa shape index (κ1) is 29.4. The van der Waals surface area contributed by atoms with Gasteiger partial charge in [0.25, 0.3) is 0 Å². The van der Waals surface area contributed by atoms with Gasteiger partial charge in [0, 0.05) is 20.4 Å². The maximum absolute atomic E-state index is 14.4. The van der Waals surface area contributed by atoms with Gasteiger partial charge in [-0.25, -0.2) is 9.29 Å². The van der Waals surface area contributed by atoms with Crippen LogP contribution in [0.25, 0.3) is 0 Å². The van der Waals surface area contributed by atoms with Crippen LogP contribution in [0.5, 0.6) is 5.75 Å². The number of amides is 4. The molecule has 1 saturated carbocycles. The van der Waals surface area contributed by atoms with Crippen LogP contribution < -0.4 is 9.80 Å². The van der Waals surface area contributed by atoms with Crippen LogP contribution in [0.1, 0.15) is 31.2 Å². The highest BCUT2D eigenvalue weighted by Crippen LogP contribution is 2.64. The molecular weight excluding hydrogens is 719 g/mol. The molecule has 0 spiro atoms. The number of nitrogens with zero attached hydrogens (tertiary/aromatic N) is 2. The van der Waals surface area contributed by atoms with E-state index in [1.165, 1.54) is 23.1 Å². The number of carbonyl (C=O) groups is 4. The van der Waals surface area contributed by atoms with Crippen molar-refractivity contribution < 1.29 is 28.7 Å². The third-order valence-corrected chi connectivity index (χ3v) is 11.1. The van der Waals surface area contributed by atoms with Crippen LogP contribution in [0.4, 0.5) is 15.8 Å². The van der Waals surface area contributed by atoms with Crippen molar-refractivity contribution in [3.8, 4) is 5.75 Å². The predicted octanol–water partition coefficient (Wildman–Crippen LogP) is 7.15. The highest BCUT2D eigenvalue weighted by atomic mass is 79.9. The largest absolute Gasteiger partial charge is 0.508 e. The summed E-state index contributed by atoms with van der Waals surface area (Å²) in [6.07, 6.45) is 2.35. The maximum atomic E-state index is 14.4. The standard InChI is InChI=1S/C33H24Br2ClFN2O5/c1-33-23(30(42)39(32(33)44)18-7-10-25(37)24(36)13-18)14-21-19(28(33)22-12-16(35)4-11-26(22)40)8-9-20-27(21)31(43)38(29(20)41)17-5-2-15(34)3-6-17/h2-8,10-13,20-21,23,27-28,40H,9,14H2,1H3/t20-,21+,23-,27-,28+,33+/m0/s1. The SMILES string of the molecule is C[C@@]12C(=O)N(c3ccc(F)c(Cl)c3)C(=O)[C@@H]1C[C@@H]1C(=CC[C@@H]3C(=O)N(c4ccc(Br)cc4)C(=O)[C@@H]31)[C@@H]2c1cc(Br)ccc1O. The number of fused-ring (bicyclic) bond motifs is 4. The Labute approximate surface area is 273 Å². The fourth-order valence-electron chi connectivity index (χ4n) is 7.83. The summed E-state index contributed by atoms with van der Waals surface area (Å²) in [5.41, 5.74) is 0.429. The number of aromatic hydroxyl groups is 1. The van der Waals surface area contributed by atoms with Gasteiger partial charge >= 0.3 is 0 Å². The average Bonchev–Trinajstić information content (AvgIpc) is 3.36. The van der Waals surface area contributed by atoms with Crippen LogP contribution in [0.3, 0.4) is 0 Å². The molecule has 1 N–H and O–H groups in total. The first-order valence-corrected chi connectivity index (χ1v) is 16.0. The Morgan fingerprint density at radius 2 is 1.55 bits per heavy atom. The van der Waals surface area contributed by atoms with Crippen LogP contribution in [-0.4, -0.2) is 28.7 Å². The molecule has 6 atom stereocenters. The van der Waals surface area contributed by atoms with E-state index in [9.17, 15) is 28.7 Å². The Bertz CT molecular complexity index is 1830. The fraction of sp³-hybridized carbons (Fsp3) is 0.273. The van der Waals surface area contributed by atoms with Crippen molar-refractivity contribution in [3.05, 3.63) is 97.7 Å². The van der Waals surface area contributed by atoms with Gasteiger partial charge in [-0.2, -0.15) is 0 Å². The number of benzene rings is 3. The number of imide groups is 2. The van der Waals surface area contributed by atoms with Gasteiger partial charge in [0.2, 0.25) is 23.6 Å². The van der Waals surface area contributed by atoms with Gasteiger partial charge in [0.15, 0.2) is 0 Å². The molecule has 0 aromatic heterocycles. The summed E-state index contributed by atoms with van der Waals surface area (Å²) in [6.45, 7) is 1.72. The summed E-state index contributed by atoms with van der Waals surface area (Å²) in [6, 6.07) is 15.5. The molecule has 2 saturated heterocycles. The van der Waals surface area contributed by atoms with Crippen molar-refractivity contribution in [1.29, 1.82) is 0 Å². The summed E-state index contributed by atoms with van der Waals surface area (Å²) < 4.78 is 15.5. The Hall–Kier alpha value is -3.34. The molecule has 224 valence electrons. The Morgan fingerprint density at radius 1 is 0.864 bits per heavy atom. The number of allylic oxidation sites excluding steroid dienone is 2. The number of phenolic OH excluding ortho intramolecular Hbond substituents is 1. The van der Waals surface area contributed by atoms with Crippen LogP contribution in [0.2, 0.25) is 5.02 Å². The smallest absolute Gasteiger partial charge is 0.241 e. The van der Waals surface area contributed by atoms with Gasteiger partial charge in [0.05, 0.1) is 39.6 Å². The van der Waals surface area contributed by atoms with Crippen molar-refractivity contribution in [3.63, 3.8) is 0 Å². The molecule has 4 aliphatic rings. The molecule has 7 rings (SSSR count). The second-order valence-electron chi connectivity index (χ2n) is 12.0. The molecule has 3 aromatic carbocycles. The lowest BCUT2D eigenvalue weighted by molar-refractivity contribution is -0.131. The molecule has 44 heavy (non-hydrogen) atoms. The van der Waals surface area contributed by atoms with Crippen LogP contribution in [-0.2, 0) is 19.2 Å². The minimum absolute atomic E-state index is 0.0595. The number of hydrogen-bond acceptors (Lipinski definition) is 5. The Kier molecular flexibility index (Phi) is 6.91. The van der Waals surface area contributed by atoms with Gasteiger partial charge in [-0.05, 0) is 86.3 Å². The monoisotopic (exact) mass is 740 g/mol. The first-order chi connectivity index (χ1) is 20.9. The molecule has 2 heterocycles. The number of anilines is 2. The number of carbonyl (C=O) groups excluding carboxylic acids is 4. The number of rotatable bonds is 3. The van der Waals surface area contributed by atoms with Gasteiger partial charge in [-0.15, -0.1) is 0 Å². The normalized spacial score (nSPS) is 29.5. The number of halogens is 4. The highest BCUT2D eigenvalue weighted by Gasteiger charge is 2.68. The van der Waals surface area contributed by atoms with Crippen molar-refractivity contribution in [1.82, 2.24) is 0 Å². The number of phenols is 1. The molecule has 0 bridgehead atoms. The zero-order valence-corrected chi connectivity index (χ0v) is 27.1. The summed E-state index contributed by atoms with van der Waals surface area (Å²) in [4.78, 5) is 58.8. The molecule has 3 aromatic rings. The first-order valence-electron chi connectivity index (χ1n) is 14.1. The molecule has 2 aliphatic heterocycles. The fourth-order valence-corrected chi connectivity index (χ4v) is 8.65. The average molecular weight is 743 g/mol. The van der Waals surface area contributed by atoms with E-state index < -0.39 is 52.6 Å². The van der Waals surface area contributed by atoms with Crippen molar-refractivity contribution in [2.24, 2.45) is 29.1 Å². The quantitative estimate of drug-likeness (QED) is 0.228. The van der Waals surface area contributed by atoms with E-state index in [-0.39, 0.29) is 41.1 Å². The molecule has 3 fully saturated rings. The van der Waals surface area contributed by atoms with Crippen LogP contribution in [0, 0.1) is 34.9 Å². The van der Waals surface area contributed by atoms with E-state index in [4.69, 9.17) is 11.6 Å². The van der Waals surface area contributed by atoms with Crippen LogP contribution in [0.15, 0.2) is 81.3 Å². The van der Waals surface area contributed by atoms with Crippen molar-refractivity contribution in [2.75, 3.05) is 9.80 Å². The summed E-state index contributed by atoms with van der Waals surface area (Å²) in [7, 11) is 0. The third kappa shape index (κ3) is 4.10. The minimum atomic E-state index is -1.36. The molecule has 7 nitrogen and oxygen atoms in total. The maximum Gasteiger partial charge on any atom is 0.241 e. The molecule has 0 radical (unpaired) electrons. The third-order valence-electron chi connectivity index (χ3n) is 9.82. The van der Waals surface area contributed by atoms with E-state index in [1.54, 1.807) is 43.3 Å².